The molecule has 1 N–H and O–H groups in total. The van der Waals surface area contributed by atoms with Gasteiger partial charge in [-0.1, -0.05) is 0 Å². The molecule has 0 aliphatic carbocycles. The van der Waals surface area contributed by atoms with Gasteiger partial charge in [0.2, 0.25) is 0 Å². The van der Waals surface area contributed by atoms with Gasteiger partial charge in [-0.05, 0) is 19.2 Å². The highest BCUT2D eigenvalue weighted by Crippen LogP contribution is 2.31. The maximum absolute atomic E-state index is 5.40. The van der Waals surface area contributed by atoms with Crippen LogP contribution in [-0.4, -0.2) is 62.3 Å². The number of benzene rings is 1. The zero-order valence-electron chi connectivity index (χ0n) is 14.3. The van der Waals surface area contributed by atoms with Crippen molar-refractivity contribution in [2.24, 2.45) is 0 Å². The Morgan fingerprint density at radius 2 is 1.79 bits per heavy atom. The number of nitrogens with one attached hydrogen (secondary N) is 1. The third-order valence-electron chi connectivity index (χ3n) is 4.15. The molecule has 7 heteroatoms. The van der Waals surface area contributed by atoms with Crippen molar-refractivity contribution in [3.05, 3.63) is 30.6 Å². The molecule has 1 aliphatic heterocycles. The summed E-state index contributed by atoms with van der Waals surface area (Å²) < 4.78 is 10.7. The van der Waals surface area contributed by atoms with Crippen molar-refractivity contribution in [3.63, 3.8) is 0 Å². The molecule has 0 radical (unpaired) electrons. The highest BCUT2D eigenvalue weighted by atomic mass is 16.5. The minimum absolute atomic E-state index is 0.727. The van der Waals surface area contributed by atoms with Gasteiger partial charge >= 0.3 is 0 Å². The third-order valence-corrected chi connectivity index (χ3v) is 4.15. The molecule has 3 rings (SSSR count). The van der Waals surface area contributed by atoms with Gasteiger partial charge in [-0.25, -0.2) is 9.97 Å². The number of rotatable bonds is 5. The summed E-state index contributed by atoms with van der Waals surface area (Å²) >= 11 is 0. The second kappa shape index (κ2) is 7.35. The smallest absolute Gasteiger partial charge is 0.142 e. The van der Waals surface area contributed by atoms with Crippen LogP contribution in [0.1, 0.15) is 0 Å². The first kappa shape index (κ1) is 16.3. The molecule has 1 fully saturated rings. The molecule has 0 spiro atoms. The first-order chi connectivity index (χ1) is 11.7. The van der Waals surface area contributed by atoms with Crippen LogP contribution in [-0.2, 0) is 0 Å². The van der Waals surface area contributed by atoms with Gasteiger partial charge in [0.05, 0.1) is 19.9 Å². The molecular weight excluding hydrogens is 306 g/mol. The number of hydrogen-bond donors (Lipinski definition) is 1. The lowest BCUT2D eigenvalue weighted by Crippen LogP contribution is -2.44. The van der Waals surface area contributed by atoms with E-state index in [1.807, 2.05) is 24.3 Å². The number of likely N-dealkylation sites (N-methyl/N-ethyl adjacent to an activating group) is 1. The Morgan fingerprint density at radius 3 is 2.50 bits per heavy atom. The maximum atomic E-state index is 5.40. The Hall–Kier alpha value is -2.54. The molecule has 1 aromatic heterocycles. The van der Waals surface area contributed by atoms with Gasteiger partial charge < -0.3 is 24.6 Å². The van der Waals surface area contributed by atoms with Crippen molar-refractivity contribution in [3.8, 4) is 11.5 Å². The second-order valence-corrected chi connectivity index (χ2v) is 5.74. The van der Waals surface area contributed by atoms with Gasteiger partial charge in [-0.3, -0.25) is 0 Å². The van der Waals surface area contributed by atoms with Gasteiger partial charge in [0.1, 0.15) is 29.5 Å². The summed E-state index contributed by atoms with van der Waals surface area (Å²) in [6, 6.07) is 7.57. The Kier molecular flexibility index (Phi) is 5.00. The van der Waals surface area contributed by atoms with Crippen molar-refractivity contribution in [1.82, 2.24) is 14.9 Å². The van der Waals surface area contributed by atoms with Crippen LogP contribution >= 0.6 is 0 Å². The topological polar surface area (TPSA) is 62.8 Å². The molecule has 2 heterocycles. The number of nitrogens with zero attached hydrogens (tertiary/aromatic N) is 4. The molecule has 7 nitrogen and oxygen atoms in total. The van der Waals surface area contributed by atoms with Crippen LogP contribution < -0.4 is 19.7 Å². The van der Waals surface area contributed by atoms with Crippen molar-refractivity contribution >= 4 is 17.3 Å². The highest BCUT2D eigenvalue weighted by Gasteiger charge is 2.16. The van der Waals surface area contributed by atoms with Gasteiger partial charge in [0.15, 0.2) is 0 Å². The predicted octanol–water partition coefficient (Wildman–Crippen LogP) is 1.99. The van der Waals surface area contributed by atoms with Gasteiger partial charge in [-0.15, -0.1) is 0 Å². The third kappa shape index (κ3) is 3.68. The summed E-state index contributed by atoms with van der Waals surface area (Å²) in [5.41, 5.74) is 0.805. The summed E-state index contributed by atoms with van der Waals surface area (Å²) in [6.45, 7) is 4.01. The van der Waals surface area contributed by atoms with Gasteiger partial charge in [-0.2, -0.15) is 0 Å². The molecular formula is C17H23N5O2. The normalized spacial score (nSPS) is 15.2. The Labute approximate surface area is 142 Å². The van der Waals surface area contributed by atoms with Crippen molar-refractivity contribution in [2.45, 2.75) is 0 Å². The lowest BCUT2D eigenvalue weighted by atomic mass is 10.2. The van der Waals surface area contributed by atoms with Crippen molar-refractivity contribution < 1.29 is 9.47 Å². The highest BCUT2D eigenvalue weighted by molar-refractivity contribution is 5.67. The Morgan fingerprint density at radius 1 is 1.00 bits per heavy atom. The van der Waals surface area contributed by atoms with Crippen molar-refractivity contribution in [1.29, 1.82) is 0 Å². The van der Waals surface area contributed by atoms with Crippen LogP contribution in [0.3, 0.4) is 0 Å². The average molecular weight is 329 g/mol. The van der Waals surface area contributed by atoms with Gasteiger partial charge in [0, 0.05) is 38.3 Å². The molecule has 128 valence electrons. The van der Waals surface area contributed by atoms with Crippen LogP contribution in [0.5, 0.6) is 11.5 Å². The molecule has 0 atom stereocenters. The van der Waals surface area contributed by atoms with E-state index in [2.05, 4.69) is 32.1 Å². The van der Waals surface area contributed by atoms with Gasteiger partial charge in [0.25, 0.3) is 0 Å². The standard InChI is InChI=1S/C17H23N5O2/c1-21-6-8-22(9-7-21)17-11-16(18-12-19-17)20-14-10-13(23-2)4-5-15(14)24-3/h4-5,10-12H,6-9H2,1-3H3,(H,18,19,20). The van der Waals surface area contributed by atoms with E-state index in [0.717, 1.165) is 55.0 Å². The predicted molar refractivity (Wildman–Crippen MR) is 94.6 cm³/mol. The maximum Gasteiger partial charge on any atom is 0.142 e. The first-order valence-corrected chi connectivity index (χ1v) is 7.94. The van der Waals surface area contributed by atoms with Crippen LogP contribution in [0.4, 0.5) is 17.3 Å². The van der Waals surface area contributed by atoms with Crippen LogP contribution in [0.2, 0.25) is 0 Å². The lowest BCUT2D eigenvalue weighted by Gasteiger charge is -2.33. The largest absolute Gasteiger partial charge is 0.497 e. The van der Waals surface area contributed by atoms with E-state index >= 15 is 0 Å². The second-order valence-electron chi connectivity index (χ2n) is 5.74. The average Bonchev–Trinajstić information content (AvgIpc) is 2.62. The van der Waals surface area contributed by atoms with Crippen LogP contribution in [0.15, 0.2) is 30.6 Å². The summed E-state index contributed by atoms with van der Waals surface area (Å²) in [4.78, 5) is 13.3. The fourth-order valence-corrected chi connectivity index (χ4v) is 2.67. The molecule has 0 bridgehead atoms. The first-order valence-electron chi connectivity index (χ1n) is 7.94. The van der Waals surface area contributed by atoms with E-state index in [1.54, 1.807) is 20.5 Å². The monoisotopic (exact) mass is 329 g/mol. The van der Waals surface area contributed by atoms with Crippen LogP contribution in [0, 0.1) is 0 Å². The number of aromatic nitrogens is 2. The molecule has 1 aliphatic rings. The van der Waals surface area contributed by atoms with E-state index in [9.17, 15) is 0 Å². The van der Waals surface area contributed by atoms with Crippen molar-refractivity contribution in [2.75, 3.05) is 57.7 Å². The molecule has 24 heavy (non-hydrogen) atoms. The van der Waals surface area contributed by atoms with E-state index in [-0.39, 0.29) is 0 Å². The SMILES string of the molecule is COc1ccc(OC)c(Nc2cc(N3CCN(C)CC3)ncn2)c1. The summed E-state index contributed by atoms with van der Waals surface area (Å²) in [5, 5.41) is 3.29. The molecule has 2 aromatic rings. The fraction of sp³-hybridized carbons (Fsp3) is 0.412. The molecule has 1 saturated heterocycles. The molecule has 1 aromatic carbocycles. The Bertz CT molecular complexity index is 686. The van der Waals surface area contributed by atoms with E-state index < -0.39 is 0 Å². The van der Waals surface area contributed by atoms with Crippen LogP contribution in [0.25, 0.3) is 0 Å². The van der Waals surface area contributed by atoms with E-state index in [4.69, 9.17) is 9.47 Å². The number of methoxy groups -OCH3 is 2. The minimum atomic E-state index is 0.727. The number of piperazine rings is 1. The van der Waals surface area contributed by atoms with E-state index in [1.165, 1.54) is 0 Å². The lowest BCUT2D eigenvalue weighted by molar-refractivity contribution is 0.312. The zero-order chi connectivity index (χ0) is 16.9. The number of anilines is 3. The summed E-state index contributed by atoms with van der Waals surface area (Å²) in [6.07, 6.45) is 1.59. The molecule has 0 saturated carbocycles. The quantitative estimate of drug-likeness (QED) is 0.900. The minimum Gasteiger partial charge on any atom is -0.497 e. The molecule has 0 unspecified atom stereocenters. The molecule has 0 amide bonds. The zero-order valence-corrected chi connectivity index (χ0v) is 14.3. The fourth-order valence-electron chi connectivity index (χ4n) is 2.67. The number of hydrogen-bond acceptors (Lipinski definition) is 7. The Balaban J connectivity index is 1.80. The summed E-state index contributed by atoms with van der Waals surface area (Å²) in [7, 11) is 5.42. The number of ether oxygens (including phenoxy) is 2. The van der Waals surface area contributed by atoms with E-state index in [0.29, 0.717) is 0 Å². The summed E-state index contributed by atoms with van der Waals surface area (Å²) in [5.74, 6) is 3.15.